The number of nitrogens with zero attached hydrogens (tertiary/aromatic N) is 4. The molecule has 0 aliphatic carbocycles. The highest BCUT2D eigenvalue weighted by molar-refractivity contribution is 7.07. The molecule has 0 saturated carbocycles. The van der Waals surface area contributed by atoms with Crippen LogP contribution in [-0.2, 0) is 0 Å². The molecule has 4 aromatic rings. The smallest absolute Gasteiger partial charge is 0.124 e. The fraction of sp³-hybridized carbons (Fsp3) is 0.500. The molecule has 4 aromatic heterocycles. The first-order valence-electron chi connectivity index (χ1n) is 11.0. The van der Waals surface area contributed by atoms with Crippen molar-refractivity contribution in [1.29, 1.82) is 0 Å². The van der Waals surface area contributed by atoms with Crippen molar-refractivity contribution in [1.82, 2.24) is 30.5 Å². The van der Waals surface area contributed by atoms with Gasteiger partial charge in [0, 0.05) is 35.2 Å². The first-order valence-corrected chi connectivity index (χ1v) is 11.9. The van der Waals surface area contributed by atoms with Gasteiger partial charge in [0.1, 0.15) is 6.26 Å². The quantitative estimate of drug-likeness (QED) is 0.339. The van der Waals surface area contributed by atoms with Gasteiger partial charge in [-0.15, -0.1) is 11.3 Å². The van der Waals surface area contributed by atoms with Gasteiger partial charge in [-0.1, -0.05) is 60.5 Å². The van der Waals surface area contributed by atoms with Crippen LogP contribution in [0, 0.1) is 0 Å². The van der Waals surface area contributed by atoms with Crippen molar-refractivity contribution in [2.45, 2.75) is 79.1 Å². The Morgan fingerprint density at radius 3 is 1.44 bits per heavy atom. The highest BCUT2D eigenvalue weighted by atomic mass is 32.1. The monoisotopic (exact) mass is 458 g/mol. The first kappa shape index (κ1) is 27.3. The summed E-state index contributed by atoms with van der Waals surface area (Å²) in [6.07, 6.45) is 5.14. The Labute approximate surface area is 196 Å². The Morgan fingerprint density at radius 1 is 0.719 bits per heavy atom. The molecule has 0 unspecified atom stereocenters. The van der Waals surface area contributed by atoms with Crippen LogP contribution in [0.5, 0.6) is 0 Å². The molecule has 4 rings (SSSR count). The SMILES string of the molecule is CC(C)c1ccn[nH]1.CC(C)c1ccn[nH]1.CC(C)c1ccon1.CC(C)c1cscn1. The highest BCUT2D eigenvalue weighted by Crippen LogP contribution is 2.12. The van der Waals surface area contributed by atoms with Gasteiger partial charge in [-0.25, -0.2) is 4.98 Å². The molecule has 0 aliphatic rings. The molecular formula is C24H38N6OS. The number of hydrogen-bond donors (Lipinski definition) is 2. The molecule has 0 aliphatic heterocycles. The molecule has 32 heavy (non-hydrogen) atoms. The molecule has 0 fully saturated rings. The van der Waals surface area contributed by atoms with E-state index >= 15 is 0 Å². The molecule has 0 atom stereocenters. The maximum absolute atomic E-state index is 4.63. The maximum atomic E-state index is 4.63. The Bertz CT molecular complexity index is 728. The van der Waals surface area contributed by atoms with Gasteiger partial charge < -0.3 is 4.52 Å². The molecule has 7 nitrogen and oxygen atoms in total. The number of nitrogens with one attached hydrogen (secondary N) is 2. The normalized spacial score (nSPS) is 10.4. The van der Waals surface area contributed by atoms with Crippen LogP contribution in [0.3, 0.4) is 0 Å². The van der Waals surface area contributed by atoms with Gasteiger partial charge in [0.2, 0.25) is 0 Å². The van der Waals surface area contributed by atoms with Gasteiger partial charge in [0.15, 0.2) is 0 Å². The fourth-order valence-corrected chi connectivity index (χ4v) is 2.92. The molecule has 2 N–H and O–H groups in total. The molecule has 4 heterocycles. The standard InChI is InChI=1S/2C6H10N2.C6H9NO.C6H9NS/c2*1-5(2)6-3-4-7-8-6;1-5(2)6-3-4-8-7-6;1-5(2)6-3-8-4-7-6/h2*3-5H,1-2H3,(H,7,8);2*3-5H,1-2H3. The zero-order valence-corrected chi connectivity index (χ0v) is 21.4. The summed E-state index contributed by atoms with van der Waals surface area (Å²) >= 11 is 1.66. The number of thiazole rings is 1. The molecular weight excluding hydrogens is 420 g/mol. The van der Waals surface area contributed by atoms with E-state index in [2.05, 4.69) is 95.8 Å². The lowest BCUT2D eigenvalue weighted by atomic mass is 10.1. The summed E-state index contributed by atoms with van der Waals surface area (Å²) < 4.78 is 4.63. The van der Waals surface area contributed by atoms with Gasteiger partial charge in [-0.3, -0.25) is 10.2 Å². The third-order valence-electron chi connectivity index (χ3n) is 4.38. The van der Waals surface area contributed by atoms with Crippen molar-refractivity contribution in [2.24, 2.45) is 0 Å². The Morgan fingerprint density at radius 2 is 1.25 bits per heavy atom. The Kier molecular flexibility index (Phi) is 12.9. The fourth-order valence-electron chi connectivity index (χ4n) is 2.20. The zero-order valence-electron chi connectivity index (χ0n) is 20.5. The Balaban J connectivity index is 0.000000213. The van der Waals surface area contributed by atoms with E-state index in [0.29, 0.717) is 23.7 Å². The summed E-state index contributed by atoms with van der Waals surface area (Å²) in [4.78, 5) is 4.13. The van der Waals surface area contributed by atoms with Crippen LogP contribution in [0.25, 0.3) is 0 Å². The van der Waals surface area contributed by atoms with E-state index in [4.69, 9.17) is 0 Å². The average Bonchev–Trinajstić information content (AvgIpc) is 3.56. The molecule has 0 saturated heterocycles. The van der Waals surface area contributed by atoms with E-state index in [-0.39, 0.29) is 0 Å². The second kappa shape index (κ2) is 15.1. The van der Waals surface area contributed by atoms with E-state index in [1.165, 1.54) is 17.1 Å². The van der Waals surface area contributed by atoms with Crippen molar-refractivity contribution in [3.8, 4) is 0 Å². The predicted octanol–water partition coefficient (Wildman–Crippen LogP) is 7.13. The third-order valence-corrected chi connectivity index (χ3v) is 4.99. The number of aromatic amines is 2. The second-order valence-electron chi connectivity index (χ2n) is 8.48. The third kappa shape index (κ3) is 11.0. The molecule has 0 aromatic carbocycles. The van der Waals surface area contributed by atoms with Crippen molar-refractivity contribution >= 4 is 11.3 Å². The summed E-state index contributed by atoms with van der Waals surface area (Å²) in [5.41, 5.74) is 6.49. The predicted molar refractivity (Wildman–Crippen MR) is 132 cm³/mol. The first-order chi connectivity index (χ1) is 15.2. The van der Waals surface area contributed by atoms with Gasteiger partial charge in [0.25, 0.3) is 0 Å². The minimum Gasteiger partial charge on any atom is -0.365 e. The lowest BCUT2D eigenvalue weighted by Crippen LogP contribution is -1.85. The molecule has 0 amide bonds. The maximum Gasteiger partial charge on any atom is 0.124 e. The van der Waals surface area contributed by atoms with Crippen molar-refractivity contribution in [3.63, 3.8) is 0 Å². The molecule has 8 heteroatoms. The zero-order chi connectivity index (χ0) is 23.9. The van der Waals surface area contributed by atoms with E-state index in [0.717, 1.165) is 5.69 Å². The van der Waals surface area contributed by atoms with Crippen LogP contribution in [0.4, 0.5) is 0 Å². The molecule has 0 radical (unpaired) electrons. The summed E-state index contributed by atoms with van der Waals surface area (Å²) in [5, 5.41) is 19.2. The summed E-state index contributed by atoms with van der Waals surface area (Å²) in [5.74, 6) is 2.20. The average molecular weight is 459 g/mol. The van der Waals surface area contributed by atoms with Gasteiger partial charge in [0.05, 0.1) is 16.9 Å². The molecule has 0 spiro atoms. The highest BCUT2D eigenvalue weighted by Gasteiger charge is 1.99. The topological polar surface area (TPSA) is 96.3 Å². The lowest BCUT2D eigenvalue weighted by molar-refractivity contribution is 0.408. The van der Waals surface area contributed by atoms with Gasteiger partial charge >= 0.3 is 0 Å². The molecule has 176 valence electrons. The lowest BCUT2D eigenvalue weighted by Gasteiger charge is -1.95. The van der Waals surface area contributed by atoms with E-state index in [1.54, 1.807) is 30.0 Å². The minimum absolute atomic E-state index is 0.480. The van der Waals surface area contributed by atoms with E-state index in [9.17, 15) is 0 Å². The minimum atomic E-state index is 0.480. The van der Waals surface area contributed by atoms with Crippen LogP contribution in [0.1, 0.15) is 102 Å². The van der Waals surface area contributed by atoms with E-state index < -0.39 is 0 Å². The van der Waals surface area contributed by atoms with Crippen molar-refractivity contribution in [3.05, 3.63) is 70.5 Å². The Hall–Kier alpha value is -2.74. The van der Waals surface area contributed by atoms with E-state index in [1.807, 2.05) is 23.7 Å². The number of aromatic nitrogens is 6. The second-order valence-corrected chi connectivity index (χ2v) is 9.20. The number of rotatable bonds is 4. The van der Waals surface area contributed by atoms with Gasteiger partial charge in [-0.05, 0) is 35.8 Å². The van der Waals surface area contributed by atoms with Crippen molar-refractivity contribution < 1.29 is 4.52 Å². The summed E-state index contributed by atoms with van der Waals surface area (Å²) in [6, 6.07) is 5.86. The summed E-state index contributed by atoms with van der Waals surface area (Å²) in [6.45, 7) is 17.0. The van der Waals surface area contributed by atoms with Crippen LogP contribution in [0.15, 0.2) is 52.3 Å². The van der Waals surface area contributed by atoms with Crippen LogP contribution >= 0.6 is 11.3 Å². The van der Waals surface area contributed by atoms with Gasteiger partial charge in [-0.2, -0.15) is 10.2 Å². The van der Waals surface area contributed by atoms with Crippen LogP contribution in [0.2, 0.25) is 0 Å². The summed E-state index contributed by atoms with van der Waals surface area (Å²) in [7, 11) is 0. The largest absolute Gasteiger partial charge is 0.365 e. The molecule has 0 bridgehead atoms. The number of hydrogen-bond acceptors (Lipinski definition) is 6. The number of H-pyrrole nitrogens is 2. The van der Waals surface area contributed by atoms with Crippen molar-refractivity contribution in [2.75, 3.05) is 0 Å². The van der Waals surface area contributed by atoms with Crippen LogP contribution < -0.4 is 0 Å². The van der Waals surface area contributed by atoms with Crippen LogP contribution in [-0.4, -0.2) is 30.5 Å².